The molecule has 104 valence electrons. The highest BCUT2D eigenvalue weighted by Gasteiger charge is 2.11. The first-order valence-corrected chi connectivity index (χ1v) is 7.22. The minimum atomic E-state index is -0.445. The Hall–Kier alpha value is -0.790. The number of rotatable bonds is 8. The Labute approximate surface area is 111 Å². The van der Waals surface area contributed by atoms with E-state index < -0.39 is 6.10 Å². The smallest absolute Gasteiger partial charge is 0.343 e. The average Bonchev–Trinajstić information content (AvgIpc) is 2.66. The zero-order chi connectivity index (χ0) is 13.5. The Balaban J connectivity index is 2.45. The molecule has 6 nitrogen and oxygen atoms in total. The van der Waals surface area contributed by atoms with E-state index in [9.17, 15) is 9.90 Å². The second-order valence-electron chi connectivity index (χ2n) is 4.49. The monoisotopic (exact) mass is 274 g/mol. The van der Waals surface area contributed by atoms with Crippen molar-refractivity contribution < 1.29 is 5.11 Å². The van der Waals surface area contributed by atoms with E-state index in [-0.39, 0.29) is 5.69 Å². The third-order valence-electron chi connectivity index (χ3n) is 2.34. The summed E-state index contributed by atoms with van der Waals surface area (Å²) in [6, 6.07) is 0.355. The number of thioether (sulfide) groups is 1. The van der Waals surface area contributed by atoms with Crippen molar-refractivity contribution >= 4 is 11.8 Å². The Morgan fingerprint density at radius 2 is 2.28 bits per heavy atom. The summed E-state index contributed by atoms with van der Waals surface area (Å²) in [6.07, 6.45) is 0.434. The van der Waals surface area contributed by atoms with Gasteiger partial charge < -0.3 is 10.4 Å². The van der Waals surface area contributed by atoms with Crippen molar-refractivity contribution in [2.45, 2.75) is 51.0 Å². The lowest BCUT2D eigenvalue weighted by Gasteiger charge is -2.13. The van der Waals surface area contributed by atoms with Crippen LogP contribution in [-0.2, 0) is 6.54 Å². The molecule has 0 amide bonds. The van der Waals surface area contributed by atoms with Crippen LogP contribution in [0.15, 0.2) is 9.95 Å². The van der Waals surface area contributed by atoms with Crippen LogP contribution in [0.3, 0.4) is 0 Å². The summed E-state index contributed by atoms with van der Waals surface area (Å²) in [7, 11) is 0. The highest BCUT2D eigenvalue weighted by molar-refractivity contribution is 7.99. The summed E-state index contributed by atoms with van der Waals surface area (Å²) in [5, 5.41) is 20.0. The Morgan fingerprint density at radius 3 is 2.89 bits per heavy atom. The summed E-state index contributed by atoms with van der Waals surface area (Å²) in [4.78, 5) is 11.4. The number of H-pyrrole nitrogens is 1. The molecule has 0 spiro atoms. The van der Waals surface area contributed by atoms with Gasteiger partial charge in [-0.1, -0.05) is 32.5 Å². The summed E-state index contributed by atoms with van der Waals surface area (Å²) < 4.78 is 1.60. The Bertz CT molecular complexity index is 402. The van der Waals surface area contributed by atoms with Gasteiger partial charge in [-0.2, -0.15) is 0 Å². The molecule has 0 aliphatic rings. The zero-order valence-corrected chi connectivity index (χ0v) is 12.0. The minimum Gasteiger partial charge on any atom is -0.391 e. The number of aromatic nitrogens is 3. The van der Waals surface area contributed by atoms with Crippen molar-refractivity contribution in [3.8, 4) is 0 Å². The summed E-state index contributed by atoms with van der Waals surface area (Å²) in [5.41, 5.74) is -0.186. The van der Waals surface area contributed by atoms with Gasteiger partial charge in [-0.25, -0.2) is 9.89 Å². The van der Waals surface area contributed by atoms with Crippen LogP contribution in [-0.4, -0.2) is 44.3 Å². The quantitative estimate of drug-likeness (QED) is 0.599. The molecule has 1 rings (SSSR count). The summed E-state index contributed by atoms with van der Waals surface area (Å²) >= 11 is 1.40. The summed E-state index contributed by atoms with van der Waals surface area (Å²) in [6.45, 7) is 7.28. The molecule has 0 saturated carbocycles. The van der Waals surface area contributed by atoms with Gasteiger partial charge in [0.05, 0.1) is 6.10 Å². The van der Waals surface area contributed by atoms with E-state index in [0.29, 0.717) is 30.0 Å². The van der Waals surface area contributed by atoms with Crippen LogP contribution in [0.5, 0.6) is 0 Å². The third kappa shape index (κ3) is 4.83. The molecule has 1 unspecified atom stereocenters. The van der Waals surface area contributed by atoms with E-state index in [4.69, 9.17) is 0 Å². The molecule has 1 aromatic heterocycles. The molecule has 0 bridgehead atoms. The van der Waals surface area contributed by atoms with Crippen LogP contribution >= 0.6 is 11.8 Å². The number of hydrogen-bond donors (Lipinski definition) is 3. The normalized spacial score (nSPS) is 13.2. The van der Waals surface area contributed by atoms with Gasteiger partial charge in [0.2, 0.25) is 0 Å². The van der Waals surface area contributed by atoms with Gasteiger partial charge in [0, 0.05) is 24.9 Å². The standard InChI is InChI=1S/C11H22N4O2S/c1-4-5-15-10(17)13-14-11(15)18-7-9(16)6-12-8(2)3/h8-9,12,16H,4-7H2,1-3H3,(H,13,17). The first-order valence-electron chi connectivity index (χ1n) is 6.24. The predicted molar refractivity (Wildman–Crippen MR) is 73.0 cm³/mol. The number of aliphatic hydroxyl groups is 1. The second-order valence-corrected chi connectivity index (χ2v) is 5.48. The molecule has 3 N–H and O–H groups in total. The van der Waals surface area contributed by atoms with Gasteiger partial charge in [-0.05, 0) is 6.42 Å². The van der Waals surface area contributed by atoms with Crippen molar-refractivity contribution in [3.63, 3.8) is 0 Å². The largest absolute Gasteiger partial charge is 0.391 e. The predicted octanol–water partition coefficient (Wildman–Crippen LogP) is 0.432. The van der Waals surface area contributed by atoms with Crippen LogP contribution in [0.25, 0.3) is 0 Å². The van der Waals surface area contributed by atoms with Crippen LogP contribution in [0.4, 0.5) is 0 Å². The van der Waals surface area contributed by atoms with E-state index in [2.05, 4.69) is 15.5 Å². The fourth-order valence-electron chi connectivity index (χ4n) is 1.44. The van der Waals surface area contributed by atoms with Crippen molar-refractivity contribution in [2.24, 2.45) is 0 Å². The third-order valence-corrected chi connectivity index (χ3v) is 3.46. The van der Waals surface area contributed by atoms with Gasteiger partial charge in [-0.15, -0.1) is 5.10 Å². The lowest BCUT2D eigenvalue weighted by molar-refractivity contribution is 0.192. The van der Waals surface area contributed by atoms with Gasteiger partial charge in [0.15, 0.2) is 5.16 Å². The highest BCUT2D eigenvalue weighted by atomic mass is 32.2. The van der Waals surface area contributed by atoms with E-state index >= 15 is 0 Å². The molecule has 0 aromatic carbocycles. The molecule has 0 saturated heterocycles. The maximum atomic E-state index is 11.4. The molecule has 0 fully saturated rings. The lowest BCUT2D eigenvalue weighted by Crippen LogP contribution is -2.33. The number of aromatic amines is 1. The lowest BCUT2D eigenvalue weighted by atomic mass is 10.3. The maximum Gasteiger partial charge on any atom is 0.343 e. The molecule has 0 aliphatic carbocycles. The van der Waals surface area contributed by atoms with Crippen molar-refractivity contribution in [3.05, 3.63) is 10.5 Å². The number of hydrogen-bond acceptors (Lipinski definition) is 5. The zero-order valence-electron chi connectivity index (χ0n) is 11.1. The van der Waals surface area contributed by atoms with E-state index in [0.717, 1.165) is 6.42 Å². The fraction of sp³-hybridized carbons (Fsp3) is 0.818. The molecule has 7 heteroatoms. The molecule has 1 heterocycles. The molecule has 18 heavy (non-hydrogen) atoms. The Kier molecular flexibility index (Phi) is 6.45. The fourth-order valence-corrected chi connectivity index (χ4v) is 2.34. The van der Waals surface area contributed by atoms with E-state index in [1.54, 1.807) is 4.57 Å². The van der Waals surface area contributed by atoms with Gasteiger partial charge in [0.25, 0.3) is 0 Å². The maximum absolute atomic E-state index is 11.4. The van der Waals surface area contributed by atoms with E-state index in [1.807, 2.05) is 20.8 Å². The van der Waals surface area contributed by atoms with Crippen LogP contribution in [0.2, 0.25) is 0 Å². The van der Waals surface area contributed by atoms with Crippen LogP contribution < -0.4 is 11.0 Å². The van der Waals surface area contributed by atoms with Crippen molar-refractivity contribution in [2.75, 3.05) is 12.3 Å². The van der Waals surface area contributed by atoms with Gasteiger partial charge in [0.1, 0.15) is 0 Å². The first kappa shape index (κ1) is 15.3. The van der Waals surface area contributed by atoms with Crippen molar-refractivity contribution in [1.29, 1.82) is 0 Å². The minimum absolute atomic E-state index is 0.186. The van der Waals surface area contributed by atoms with Crippen LogP contribution in [0.1, 0.15) is 27.2 Å². The molecule has 1 aromatic rings. The van der Waals surface area contributed by atoms with Gasteiger partial charge >= 0.3 is 5.69 Å². The number of nitrogens with zero attached hydrogens (tertiary/aromatic N) is 2. The average molecular weight is 274 g/mol. The highest BCUT2D eigenvalue weighted by Crippen LogP contribution is 2.14. The molecule has 0 aliphatic heterocycles. The summed E-state index contributed by atoms with van der Waals surface area (Å²) in [5.74, 6) is 0.522. The van der Waals surface area contributed by atoms with Gasteiger partial charge in [-0.3, -0.25) is 4.57 Å². The first-order chi connectivity index (χ1) is 8.54. The van der Waals surface area contributed by atoms with Crippen LogP contribution in [0, 0.1) is 0 Å². The molecular formula is C11H22N4O2S. The Morgan fingerprint density at radius 1 is 1.56 bits per heavy atom. The molecular weight excluding hydrogens is 252 g/mol. The number of aliphatic hydroxyl groups excluding tert-OH is 1. The van der Waals surface area contributed by atoms with Crippen molar-refractivity contribution in [1.82, 2.24) is 20.1 Å². The second kappa shape index (κ2) is 7.60. The number of nitrogens with one attached hydrogen (secondary N) is 2. The SMILES string of the molecule is CCCn1c(SCC(O)CNC(C)C)n[nH]c1=O. The molecule has 0 radical (unpaired) electrons. The topological polar surface area (TPSA) is 82.9 Å². The van der Waals surface area contributed by atoms with E-state index in [1.165, 1.54) is 11.8 Å². The molecule has 1 atom stereocenters.